The van der Waals surface area contributed by atoms with Gasteiger partial charge in [-0.2, -0.15) is 0 Å². The van der Waals surface area contributed by atoms with E-state index in [1.807, 2.05) is 25.3 Å². The molecule has 0 aromatic heterocycles. The second-order valence-electron chi connectivity index (χ2n) is 1.99. The molecule has 0 heterocycles. The van der Waals surface area contributed by atoms with E-state index < -0.39 is 0 Å². The maximum atomic E-state index is 4.09. The Bertz CT molecular complexity index is 66.9. The van der Waals surface area contributed by atoms with Gasteiger partial charge in [-0.1, -0.05) is 6.92 Å². The SMILES string of the molecule is CCC/N=C/N(C)C. The molecule has 0 bridgehead atoms. The van der Waals surface area contributed by atoms with Crippen LogP contribution < -0.4 is 0 Å². The highest BCUT2D eigenvalue weighted by molar-refractivity contribution is 5.53. The Kier molecular flexibility index (Phi) is 4.32. The number of rotatable bonds is 3. The summed E-state index contributed by atoms with van der Waals surface area (Å²) in [5, 5.41) is 0. The van der Waals surface area contributed by atoms with Crippen molar-refractivity contribution in [2.24, 2.45) is 4.99 Å². The minimum absolute atomic E-state index is 0.943. The molecule has 0 amide bonds. The molecule has 0 N–H and O–H groups in total. The van der Waals surface area contributed by atoms with E-state index in [1.54, 1.807) is 0 Å². The summed E-state index contributed by atoms with van der Waals surface area (Å²) in [7, 11) is 3.94. The van der Waals surface area contributed by atoms with Crippen molar-refractivity contribution in [3.8, 4) is 0 Å². The lowest BCUT2D eigenvalue weighted by atomic mass is 10.5. The Morgan fingerprint density at radius 1 is 1.50 bits per heavy atom. The van der Waals surface area contributed by atoms with Crippen molar-refractivity contribution in [3.05, 3.63) is 0 Å². The van der Waals surface area contributed by atoms with E-state index in [1.165, 1.54) is 0 Å². The van der Waals surface area contributed by atoms with Gasteiger partial charge in [0, 0.05) is 20.6 Å². The maximum absolute atomic E-state index is 4.09. The van der Waals surface area contributed by atoms with Gasteiger partial charge in [0.25, 0.3) is 0 Å². The molecular weight excluding hydrogens is 100 g/mol. The third-order valence-corrected chi connectivity index (χ3v) is 0.665. The largest absolute Gasteiger partial charge is 0.369 e. The highest BCUT2D eigenvalue weighted by Gasteiger charge is 1.74. The topological polar surface area (TPSA) is 15.6 Å². The highest BCUT2D eigenvalue weighted by Crippen LogP contribution is 1.75. The summed E-state index contributed by atoms with van der Waals surface area (Å²) in [6.45, 7) is 3.06. The summed E-state index contributed by atoms with van der Waals surface area (Å²) in [4.78, 5) is 6.03. The summed E-state index contributed by atoms with van der Waals surface area (Å²) in [6, 6.07) is 0. The van der Waals surface area contributed by atoms with Crippen LogP contribution in [0.2, 0.25) is 0 Å². The van der Waals surface area contributed by atoms with Crippen LogP contribution in [0.3, 0.4) is 0 Å². The van der Waals surface area contributed by atoms with Crippen LogP contribution in [0.25, 0.3) is 0 Å². The Morgan fingerprint density at radius 2 is 2.12 bits per heavy atom. The first-order chi connectivity index (χ1) is 3.77. The van der Waals surface area contributed by atoms with Crippen LogP contribution in [-0.2, 0) is 0 Å². The van der Waals surface area contributed by atoms with Gasteiger partial charge in [0.1, 0.15) is 0 Å². The second-order valence-corrected chi connectivity index (χ2v) is 1.99. The first kappa shape index (κ1) is 7.47. The zero-order valence-corrected chi connectivity index (χ0v) is 5.89. The molecule has 0 aromatic carbocycles. The van der Waals surface area contributed by atoms with Gasteiger partial charge in [-0.05, 0) is 6.42 Å². The monoisotopic (exact) mass is 114 g/mol. The summed E-state index contributed by atoms with van der Waals surface area (Å²) in [5.74, 6) is 0. The summed E-state index contributed by atoms with van der Waals surface area (Å²) >= 11 is 0. The second kappa shape index (κ2) is 4.62. The molecule has 8 heavy (non-hydrogen) atoms. The van der Waals surface area contributed by atoms with Crippen LogP contribution in [0.1, 0.15) is 13.3 Å². The van der Waals surface area contributed by atoms with Crippen molar-refractivity contribution in [3.63, 3.8) is 0 Å². The van der Waals surface area contributed by atoms with Crippen molar-refractivity contribution in [2.75, 3.05) is 20.6 Å². The maximum Gasteiger partial charge on any atom is 0.0844 e. The van der Waals surface area contributed by atoms with Crippen molar-refractivity contribution < 1.29 is 0 Å². The van der Waals surface area contributed by atoms with Crippen LogP contribution >= 0.6 is 0 Å². The normalized spacial score (nSPS) is 10.4. The lowest BCUT2D eigenvalue weighted by Gasteiger charge is -2.00. The van der Waals surface area contributed by atoms with Gasteiger partial charge in [0.15, 0.2) is 0 Å². The molecule has 0 aliphatic rings. The molecular formula is C6H14N2. The van der Waals surface area contributed by atoms with Crippen molar-refractivity contribution in [2.45, 2.75) is 13.3 Å². The first-order valence-corrected chi connectivity index (χ1v) is 2.93. The van der Waals surface area contributed by atoms with Gasteiger partial charge in [0.2, 0.25) is 0 Å². The third-order valence-electron chi connectivity index (χ3n) is 0.665. The van der Waals surface area contributed by atoms with Gasteiger partial charge in [-0.15, -0.1) is 0 Å². The van der Waals surface area contributed by atoms with Crippen LogP contribution in [0, 0.1) is 0 Å². The Labute approximate surface area is 51.2 Å². The summed E-state index contributed by atoms with van der Waals surface area (Å²) in [6.07, 6.45) is 2.97. The van der Waals surface area contributed by atoms with Crippen LogP contribution in [0.5, 0.6) is 0 Å². The van der Waals surface area contributed by atoms with E-state index in [4.69, 9.17) is 0 Å². The molecule has 0 unspecified atom stereocenters. The first-order valence-electron chi connectivity index (χ1n) is 2.93. The van der Waals surface area contributed by atoms with E-state index in [0.29, 0.717) is 0 Å². The fraction of sp³-hybridized carbons (Fsp3) is 0.833. The summed E-state index contributed by atoms with van der Waals surface area (Å²) in [5.41, 5.74) is 0. The molecule has 0 aromatic rings. The molecule has 0 saturated carbocycles. The van der Waals surface area contributed by atoms with Gasteiger partial charge in [0.05, 0.1) is 6.34 Å². The van der Waals surface area contributed by atoms with Crippen LogP contribution in [-0.4, -0.2) is 31.9 Å². The predicted octanol–water partition coefficient (Wildman–Crippen LogP) is 0.986. The average molecular weight is 114 g/mol. The molecule has 0 rings (SSSR count). The van der Waals surface area contributed by atoms with Crippen LogP contribution in [0.15, 0.2) is 4.99 Å². The minimum Gasteiger partial charge on any atom is -0.369 e. The Hall–Kier alpha value is -0.530. The molecule has 0 aliphatic carbocycles. The van der Waals surface area contributed by atoms with E-state index in [9.17, 15) is 0 Å². The van der Waals surface area contributed by atoms with Crippen molar-refractivity contribution >= 4 is 6.34 Å². The fourth-order valence-electron chi connectivity index (χ4n) is 0.350. The van der Waals surface area contributed by atoms with Crippen molar-refractivity contribution in [1.29, 1.82) is 0 Å². The predicted molar refractivity (Wildman–Crippen MR) is 37.3 cm³/mol. The summed E-state index contributed by atoms with van der Waals surface area (Å²) < 4.78 is 0. The average Bonchev–Trinajstić information content (AvgIpc) is 1.66. The van der Waals surface area contributed by atoms with Gasteiger partial charge in [-0.25, -0.2) is 0 Å². The Balaban J connectivity index is 3.07. The third kappa shape index (κ3) is 5.47. The molecule has 48 valence electrons. The smallest absolute Gasteiger partial charge is 0.0844 e. The number of hydrogen-bond donors (Lipinski definition) is 0. The molecule has 0 fully saturated rings. The lowest BCUT2D eigenvalue weighted by molar-refractivity contribution is 0.638. The van der Waals surface area contributed by atoms with Gasteiger partial charge < -0.3 is 4.90 Å². The van der Waals surface area contributed by atoms with Crippen LogP contribution in [0.4, 0.5) is 0 Å². The highest BCUT2D eigenvalue weighted by atomic mass is 15.1. The fourth-order valence-corrected chi connectivity index (χ4v) is 0.350. The van der Waals surface area contributed by atoms with E-state index in [-0.39, 0.29) is 0 Å². The molecule has 2 nitrogen and oxygen atoms in total. The quantitative estimate of drug-likeness (QED) is 0.394. The van der Waals surface area contributed by atoms with E-state index in [2.05, 4.69) is 11.9 Å². The van der Waals surface area contributed by atoms with E-state index in [0.717, 1.165) is 13.0 Å². The molecule has 0 aliphatic heterocycles. The molecule has 0 spiro atoms. The van der Waals surface area contributed by atoms with Gasteiger partial charge >= 0.3 is 0 Å². The number of nitrogens with zero attached hydrogens (tertiary/aromatic N) is 2. The minimum atomic E-state index is 0.943. The standard InChI is InChI=1S/C6H14N2/c1-4-5-7-6-8(2)3/h6H,4-5H2,1-3H3/b7-6+. The molecule has 0 atom stereocenters. The zero-order chi connectivity index (χ0) is 6.41. The Morgan fingerprint density at radius 3 is 2.50 bits per heavy atom. The van der Waals surface area contributed by atoms with Crippen molar-refractivity contribution in [1.82, 2.24) is 4.90 Å². The molecule has 0 saturated heterocycles. The molecule has 0 radical (unpaired) electrons. The lowest BCUT2D eigenvalue weighted by Crippen LogP contribution is -2.07. The van der Waals surface area contributed by atoms with Gasteiger partial charge in [-0.3, -0.25) is 4.99 Å². The van der Waals surface area contributed by atoms with E-state index >= 15 is 0 Å². The number of aliphatic imine (C=N–C) groups is 1. The molecule has 2 heteroatoms. The zero-order valence-electron chi connectivity index (χ0n) is 5.89. The number of hydrogen-bond acceptors (Lipinski definition) is 1.